The molecule has 0 unspecified atom stereocenters. The highest BCUT2D eigenvalue weighted by molar-refractivity contribution is 5.79. The summed E-state index contributed by atoms with van der Waals surface area (Å²) < 4.78 is 7.42. The van der Waals surface area contributed by atoms with Crippen molar-refractivity contribution < 1.29 is 14.6 Å². The molecular formula is C25H25NO4. The smallest absolute Gasteiger partial charge is 0.307 e. The second-order valence-electron chi connectivity index (χ2n) is 7.89. The molecule has 2 aromatic carbocycles. The van der Waals surface area contributed by atoms with Crippen LogP contribution < -0.4 is 10.3 Å². The summed E-state index contributed by atoms with van der Waals surface area (Å²) in [6.07, 6.45) is 1.69. The third kappa shape index (κ3) is 3.52. The number of carboxylic acids is 1. The first-order valence-corrected chi connectivity index (χ1v) is 10.2. The van der Waals surface area contributed by atoms with Gasteiger partial charge in [0, 0.05) is 22.5 Å². The third-order valence-corrected chi connectivity index (χ3v) is 5.79. The van der Waals surface area contributed by atoms with Gasteiger partial charge in [-0.05, 0) is 74.6 Å². The number of pyridine rings is 1. The van der Waals surface area contributed by atoms with E-state index in [0.29, 0.717) is 17.7 Å². The lowest BCUT2D eigenvalue weighted by Crippen LogP contribution is -2.26. The molecule has 30 heavy (non-hydrogen) atoms. The minimum absolute atomic E-state index is 0.183. The van der Waals surface area contributed by atoms with Crippen LogP contribution in [0.1, 0.15) is 34.4 Å². The van der Waals surface area contributed by atoms with Gasteiger partial charge >= 0.3 is 5.97 Å². The lowest BCUT2D eigenvalue weighted by atomic mass is 9.91. The minimum Gasteiger partial charge on any atom is -0.493 e. The van der Waals surface area contributed by atoms with Gasteiger partial charge in [0.1, 0.15) is 5.75 Å². The van der Waals surface area contributed by atoms with Crippen molar-refractivity contribution in [1.29, 1.82) is 0 Å². The van der Waals surface area contributed by atoms with Gasteiger partial charge in [0.25, 0.3) is 5.56 Å². The van der Waals surface area contributed by atoms with Crippen molar-refractivity contribution in [1.82, 2.24) is 4.57 Å². The van der Waals surface area contributed by atoms with Crippen LogP contribution in [0.3, 0.4) is 0 Å². The molecule has 5 nitrogen and oxygen atoms in total. The molecular weight excluding hydrogens is 378 g/mol. The van der Waals surface area contributed by atoms with Crippen LogP contribution in [-0.2, 0) is 17.6 Å². The van der Waals surface area contributed by atoms with Crippen molar-refractivity contribution in [2.75, 3.05) is 6.61 Å². The SMILES string of the molecule is Cc1ccc(-n2c(C)c(-c3ccc4c(c3)CCCO4)c(CC(=O)O)c(C)c2=O)cc1. The van der Waals surface area contributed by atoms with Crippen LogP contribution in [0.25, 0.3) is 16.8 Å². The van der Waals surface area contributed by atoms with Gasteiger partial charge in [-0.1, -0.05) is 23.8 Å². The van der Waals surface area contributed by atoms with Gasteiger partial charge < -0.3 is 9.84 Å². The summed E-state index contributed by atoms with van der Waals surface area (Å²) in [5.41, 5.74) is 6.32. The highest BCUT2D eigenvalue weighted by Crippen LogP contribution is 2.35. The molecule has 2 heterocycles. The number of ether oxygens (including phenoxy) is 1. The zero-order valence-corrected chi connectivity index (χ0v) is 17.5. The van der Waals surface area contributed by atoms with E-state index >= 15 is 0 Å². The molecule has 0 saturated carbocycles. The number of rotatable bonds is 4. The monoisotopic (exact) mass is 403 g/mol. The topological polar surface area (TPSA) is 68.5 Å². The van der Waals surface area contributed by atoms with Crippen LogP contribution in [0.4, 0.5) is 0 Å². The Hall–Kier alpha value is -3.34. The molecule has 0 atom stereocenters. The number of hydrogen-bond acceptors (Lipinski definition) is 3. The van der Waals surface area contributed by atoms with E-state index in [-0.39, 0.29) is 12.0 Å². The summed E-state index contributed by atoms with van der Waals surface area (Å²) in [7, 11) is 0. The number of nitrogens with zero attached hydrogens (tertiary/aromatic N) is 1. The van der Waals surface area contributed by atoms with E-state index in [2.05, 4.69) is 6.07 Å². The summed E-state index contributed by atoms with van der Waals surface area (Å²) in [6, 6.07) is 13.8. The largest absolute Gasteiger partial charge is 0.493 e. The first-order chi connectivity index (χ1) is 14.4. The Morgan fingerprint density at radius 2 is 1.83 bits per heavy atom. The van der Waals surface area contributed by atoms with E-state index in [0.717, 1.165) is 52.2 Å². The molecule has 1 aliphatic rings. The number of aliphatic carboxylic acids is 1. The van der Waals surface area contributed by atoms with E-state index in [1.165, 1.54) is 0 Å². The number of fused-ring (bicyclic) bond motifs is 1. The molecule has 3 aromatic rings. The van der Waals surface area contributed by atoms with Gasteiger partial charge in [-0.2, -0.15) is 0 Å². The zero-order valence-electron chi connectivity index (χ0n) is 17.5. The Labute approximate surface area is 175 Å². The average molecular weight is 403 g/mol. The standard InChI is InChI=1S/C25H25NO4/c1-15-6-9-20(10-7-15)26-17(3)24(21(14-23(27)28)16(2)25(26)29)19-8-11-22-18(13-19)5-4-12-30-22/h6-11,13H,4-5,12,14H2,1-3H3,(H,27,28). The Morgan fingerprint density at radius 1 is 1.10 bits per heavy atom. The minimum atomic E-state index is -0.951. The fourth-order valence-electron chi connectivity index (χ4n) is 4.24. The Kier molecular flexibility index (Phi) is 5.20. The molecule has 0 saturated heterocycles. The zero-order chi connectivity index (χ0) is 21.4. The number of aryl methyl sites for hydroxylation is 2. The van der Waals surface area contributed by atoms with Crippen molar-refractivity contribution >= 4 is 5.97 Å². The summed E-state index contributed by atoms with van der Waals surface area (Å²) >= 11 is 0. The lowest BCUT2D eigenvalue weighted by Gasteiger charge is -2.22. The van der Waals surface area contributed by atoms with Gasteiger partial charge in [0.15, 0.2) is 0 Å². The van der Waals surface area contributed by atoms with Crippen molar-refractivity contribution in [3.8, 4) is 22.6 Å². The molecule has 1 aliphatic heterocycles. The van der Waals surface area contributed by atoms with E-state index in [1.54, 1.807) is 11.5 Å². The fraction of sp³-hybridized carbons (Fsp3) is 0.280. The molecule has 154 valence electrons. The summed E-state index contributed by atoms with van der Waals surface area (Å²) in [5, 5.41) is 9.52. The van der Waals surface area contributed by atoms with Crippen LogP contribution in [0.5, 0.6) is 5.75 Å². The van der Waals surface area contributed by atoms with Crippen LogP contribution in [0.15, 0.2) is 47.3 Å². The normalized spacial score (nSPS) is 12.9. The third-order valence-electron chi connectivity index (χ3n) is 5.79. The number of benzene rings is 2. The summed E-state index contributed by atoms with van der Waals surface area (Å²) in [5.74, 6) is -0.0708. The molecule has 1 N–H and O–H groups in total. The van der Waals surface area contributed by atoms with E-state index in [9.17, 15) is 14.7 Å². The maximum atomic E-state index is 13.2. The predicted octanol–water partition coefficient (Wildman–Crippen LogP) is 4.38. The molecule has 4 rings (SSSR count). The first kappa shape index (κ1) is 20.0. The quantitative estimate of drug-likeness (QED) is 0.702. The fourth-order valence-corrected chi connectivity index (χ4v) is 4.24. The van der Waals surface area contributed by atoms with Crippen molar-refractivity contribution in [2.24, 2.45) is 0 Å². The maximum absolute atomic E-state index is 13.2. The Bertz CT molecular complexity index is 1190. The van der Waals surface area contributed by atoms with Gasteiger partial charge in [0.05, 0.1) is 13.0 Å². The maximum Gasteiger partial charge on any atom is 0.307 e. The summed E-state index contributed by atoms with van der Waals surface area (Å²) in [6.45, 7) is 6.32. The van der Waals surface area contributed by atoms with Crippen LogP contribution >= 0.6 is 0 Å². The number of carboxylic acid groups (broad SMARTS) is 1. The van der Waals surface area contributed by atoms with Gasteiger partial charge in [-0.25, -0.2) is 0 Å². The first-order valence-electron chi connectivity index (χ1n) is 10.2. The van der Waals surface area contributed by atoms with E-state index < -0.39 is 5.97 Å². The van der Waals surface area contributed by atoms with Crippen LogP contribution in [0.2, 0.25) is 0 Å². The Balaban J connectivity index is 2.01. The Morgan fingerprint density at radius 3 is 2.53 bits per heavy atom. The van der Waals surface area contributed by atoms with E-state index in [4.69, 9.17) is 4.74 Å². The summed E-state index contributed by atoms with van der Waals surface area (Å²) in [4.78, 5) is 24.9. The molecule has 0 fully saturated rings. The molecule has 0 radical (unpaired) electrons. The second kappa shape index (κ2) is 7.82. The van der Waals surface area contributed by atoms with Crippen molar-refractivity contribution in [2.45, 2.75) is 40.0 Å². The number of hydrogen-bond donors (Lipinski definition) is 1. The predicted molar refractivity (Wildman–Crippen MR) is 117 cm³/mol. The van der Waals surface area contributed by atoms with Gasteiger partial charge in [0.2, 0.25) is 0 Å². The number of carbonyl (C=O) groups is 1. The van der Waals surface area contributed by atoms with Gasteiger partial charge in [-0.3, -0.25) is 14.2 Å². The molecule has 0 aliphatic carbocycles. The van der Waals surface area contributed by atoms with Crippen LogP contribution in [-0.4, -0.2) is 22.2 Å². The van der Waals surface area contributed by atoms with E-state index in [1.807, 2.05) is 50.2 Å². The highest BCUT2D eigenvalue weighted by Gasteiger charge is 2.22. The molecule has 0 spiro atoms. The molecule has 1 aromatic heterocycles. The second-order valence-corrected chi connectivity index (χ2v) is 7.89. The average Bonchev–Trinajstić information content (AvgIpc) is 2.73. The van der Waals surface area contributed by atoms with Crippen molar-refractivity contribution in [3.05, 3.63) is 80.8 Å². The van der Waals surface area contributed by atoms with Crippen molar-refractivity contribution in [3.63, 3.8) is 0 Å². The number of aromatic nitrogens is 1. The molecule has 0 amide bonds. The molecule has 0 bridgehead atoms. The lowest BCUT2D eigenvalue weighted by molar-refractivity contribution is -0.136. The van der Waals surface area contributed by atoms with Crippen LogP contribution in [0, 0.1) is 20.8 Å². The molecule has 5 heteroatoms. The van der Waals surface area contributed by atoms with Gasteiger partial charge in [-0.15, -0.1) is 0 Å². The highest BCUT2D eigenvalue weighted by atomic mass is 16.5.